The highest BCUT2D eigenvalue weighted by atomic mass is 15.1. The minimum atomic E-state index is 0.316. The van der Waals surface area contributed by atoms with E-state index in [1.54, 1.807) is 0 Å². The predicted molar refractivity (Wildman–Crippen MR) is 94.1 cm³/mol. The van der Waals surface area contributed by atoms with Gasteiger partial charge in [0.1, 0.15) is 0 Å². The molecule has 0 amide bonds. The topological polar surface area (TPSA) is 15.3 Å². The van der Waals surface area contributed by atoms with Crippen LogP contribution in [0, 0.1) is 16.7 Å². The van der Waals surface area contributed by atoms with Crippen molar-refractivity contribution in [2.24, 2.45) is 16.7 Å². The fourth-order valence-corrected chi connectivity index (χ4v) is 3.99. The van der Waals surface area contributed by atoms with Crippen molar-refractivity contribution in [3.8, 4) is 0 Å². The molecule has 0 aromatic carbocycles. The van der Waals surface area contributed by atoms with Crippen molar-refractivity contribution in [2.75, 3.05) is 13.6 Å². The van der Waals surface area contributed by atoms with Gasteiger partial charge >= 0.3 is 0 Å². The average Bonchev–Trinajstić information content (AvgIpc) is 2.32. The molecule has 2 unspecified atom stereocenters. The summed E-state index contributed by atoms with van der Waals surface area (Å²) in [6.45, 7) is 23.0. The third-order valence-electron chi connectivity index (χ3n) is 4.91. The lowest BCUT2D eigenvalue weighted by molar-refractivity contribution is 0.0354. The Bertz CT molecular complexity index is 394. The Labute approximate surface area is 132 Å². The maximum atomic E-state index is 4.30. The lowest BCUT2D eigenvalue weighted by Crippen LogP contribution is -2.48. The summed E-state index contributed by atoms with van der Waals surface area (Å²) >= 11 is 0. The molecule has 0 aromatic rings. The summed E-state index contributed by atoms with van der Waals surface area (Å²) < 4.78 is 0. The first-order valence-electron chi connectivity index (χ1n) is 8.27. The predicted octanol–water partition coefficient (Wildman–Crippen LogP) is 4.80. The lowest BCUT2D eigenvalue weighted by Gasteiger charge is -2.50. The van der Waals surface area contributed by atoms with Gasteiger partial charge in [0.25, 0.3) is 0 Å². The summed E-state index contributed by atoms with van der Waals surface area (Å²) in [4.78, 5) is 2.44. The van der Waals surface area contributed by atoms with Gasteiger partial charge in [0.2, 0.25) is 0 Å². The molecule has 0 radical (unpaired) electrons. The molecule has 0 saturated heterocycles. The van der Waals surface area contributed by atoms with Crippen molar-refractivity contribution in [1.82, 2.24) is 10.2 Å². The van der Waals surface area contributed by atoms with E-state index in [4.69, 9.17) is 0 Å². The van der Waals surface area contributed by atoms with E-state index in [-0.39, 0.29) is 0 Å². The zero-order valence-corrected chi connectivity index (χ0v) is 15.3. The standard InChI is InChI=1S/C19H36N2/c1-14(2)16(5)21(9)17-10-18(6,7)12-19(8,11-17)13-20-15(3)4/h14,17,20H,3,5,10-13H2,1-2,4,6-9H3. The molecule has 21 heavy (non-hydrogen) atoms. The summed E-state index contributed by atoms with van der Waals surface area (Å²) in [5.41, 5.74) is 3.01. The van der Waals surface area contributed by atoms with Gasteiger partial charge in [-0.05, 0) is 42.9 Å². The highest BCUT2D eigenvalue weighted by molar-refractivity contribution is 5.04. The van der Waals surface area contributed by atoms with Crippen LogP contribution >= 0.6 is 0 Å². The van der Waals surface area contributed by atoms with Gasteiger partial charge < -0.3 is 10.2 Å². The molecule has 1 aliphatic rings. The molecule has 0 aromatic heterocycles. The molecule has 0 heterocycles. The molecular weight excluding hydrogens is 256 g/mol. The van der Waals surface area contributed by atoms with Crippen LogP contribution in [0.3, 0.4) is 0 Å². The first-order valence-corrected chi connectivity index (χ1v) is 8.27. The van der Waals surface area contributed by atoms with Crippen LogP contribution in [0.1, 0.15) is 60.8 Å². The second-order valence-electron chi connectivity index (χ2n) is 8.60. The largest absolute Gasteiger partial charge is 0.388 e. The van der Waals surface area contributed by atoms with E-state index in [2.05, 4.69) is 65.0 Å². The van der Waals surface area contributed by atoms with Crippen molar-refractivity contribution in [2.45, 2.75) is 66.8 Å². The molecule has 2 atom stereocenters. The second kappa shape index (κ2) is 6.46. The molecule has 1 saturated carbocycles. The number of allylic oxidation sites excluding steroid dienone is 2. The van der Waals surface area contributed by atoms with Crippen molar-refractivity contribution >= 4 is 0 Å². The van der Waals surface area contributed by atoms with E-state index in [0.717, 1.165) is 12.2 Å². The third kappa shape index (κ3) is 5.09. The van der Waals surface area contributed by atoms with Gasteiger partial charge in [-0.15, -0.1) is 0 Å². The van der Waals surface area contributed by atoms with Crippen molar-refractivity contribution < 1.29 is 0 Å². The molecule has 0 spiro atoms. The normalized spacial score (nSPS) is 28.3. The first-order chi connectivity index (χ1) is 9.46. The van der Waals surface area contributed by atoms with E-state index in [0.29, 0.717) is 22.8 Å². The number of hydrogen-bond acceptors (Lipinski definition) is 2. The van der Waals surface area contributed by atoms with E-state index in [1.165, 1.54) is 25.0 Å². The van der Waals surface area contributed by atoms with Crippen molar-refractivity contribution in [3.63, 3.8) is 0 Å². The third-order valence-corrected chi connectivity index (χ3v) is 4.91. The maximum Gasteiger partial charge on any atom is 0.0294 e. The smallest absolute Gasteiger partial charge is 0.0294 e. The molecule has 1 N–H and O–H groups in total. The second-order valence-corrected chi connectivity index (χ2v) is 8.60. The molecule has 0 aliphatic heterocycles. The summed E-state index contributed by atoms with van der Waals surface area (Å²) in [6.07, 6.45) is 3.73. The molecule has 2 heteroatoms. The van der Waals surface area contributed by atoms with Crippen LogP contribution in [0.5, 0.6) is 0 Å². The van der Waals surface area contributed by atoms with Crippen LogP contribution < -0.4 is 5.32 Å². The molecule has 1 aliphatic carbocycles. The molecular formula is C19H36N2. The van der Waals surface area contributed by atoms with Crippen LogP contribution in [0.15, 0.2) is 24.6 Å². The quantitative estimate of drug-likeness (QED) is 0.756. The highest BCUT2D eigenvalue weighted by Crippen LogP contribution is 2.47. The first kappa shape index (κ1) is 18.1. The van der Waals surface area contributed by atoms with Crippen LogP contribution in [0.25, 0.3) is 0 Å². The number of hydrogen-bond donors (Lipinski definition) is 1. The molecule has 2 nitrogen and oxygen atoms in total. The number of nitrogens with zero attached hydrogens (tertiary/aromatic N) is 1. The Morgan fingerprint density at radius 1 is 1.24 bits per heavy atom. The summed E-state index contributed by atoms with van der Waals surface area (Å²) in [6, 6.07) is 0.584. The Kier molecular flexibility index (Phi) is 5.57. The van der Waals surface area contributed by atoms with Crippen LogP contribution in [-0.4, -0.2) is 24.5 Å². The van der Waals surface area contributed by atoms with Gasteiger partial charge in [0.05, 0.1) is 0 Å². The van der Waals surface area contributed by atoms with E-state index in [1.807, 2.05) is 6.92 Å². The molecule has 0 bridgehead atoms. The van der Waals surface area contributed by atoms with Gasteiger partial charge in [-0.25, -0.2) is 0 Å². The van der Waals surface area contributed by atoms with E-state index >= 15 is 0 Å². The van der Waals surface area contributed by atoms with Crippen molar-refractivity contribution in [3.05, 3.63) is 24.6 Å². The average molecular weight is 293 g/mol. The SMILES string of the molecule is C=C(C)NCC1(C)CC(N(C)C(=C)C(C)C)CC(C)(C)C1. The summed E-state index contributed by atoms with van der Waals surface area (Å²) in [5, 5.41) is 3.47. The fraction of sp³-hybridized carbons (Fsp3) is 0.789. The molecule has 122 valence electrons. The fourth-order valence-electron chi connectivity index (χ4n) is 3.99. The number of rotatable bonds is 6. The van der Waals surface area contributed by atoms with Crippen LogP contribution in [0.2, 0.25) is 0 Å². The Balaban J connectivity index is 2.87. The summed E-state index contributed by atoms with van der Waals surface area (Å²) in [5.74, 6) is 0.514. The van der Waals surface area contributed by atoms with Gasteiger partial charge in [-0.3, -0.25) is 0 Å². The zero-order valence-electron chi connectivity index (χ0n) is 15.3. The Hall–Kier alpha value is -0.920. The van der Waals surface area contributed by atoms with Gasteiger partial charge in [0.15, 0.2) is 0 Å². The minimum absolute atomic E-state index is 0.316. The number of nitrogens with one attached hydrogen (secondary N) is 1. The molecule has 1 fully saturated rings. The molecule has 1 rings (SSSR count). The highest BCUT2D eigenvalue weighted by Gasteiger charge is 2.42. The lowest BCUT2D eigenvalue weighted by atomic mass is 9.62. The summed E-state index contributed by atoms with van der Waals surface area (Å²) in [7, 11) is 2.22. The van der Waals surface area contributed by atoms with Gasteiger partial charge in [-0.2, -0.15) is 0 Å². The van der Waals surface area contributed by atoms with E-state index < -0.39 is 0 Å². The van der Waals surface area contributed by atoms with Crippen molar-refractivity contribution in [1.29, 1.82) is 0 Å². The van der Waals surface area contributed by atoms with Crippen LogP contribution in [0.4, 0.5) is 0 Å². The van der Waals surface area contributed by atoms with Gasteiger partial charge in [-0.1, -0.05) is 47.8 Å². The van der Waals surface area contributed by atoms with Crippen LogP contribution in [-0.2, 0) is 0 Å². The zero-order chi connectivity index (χ0) is 16.4. The Morgan fingerprint density at radius 2 is 1.81 bits per heavy atom. The Morgan fingerprint density at radius 3 is 2.29 bits per heavy atom. The maximum absolute atomic E-state index is 4.30. The van der Waals surface area contributed by atoms with Gasteiger partial charge in [0, 0.05) is 31.0 Å². The minimum Gasteiger partial charge on any atom is -0.388 e. The van der Waals surface area contributed by atoms with E-state index in [9.17, 15) is 0 Å². The monoisotopic (exact) mass is 292 g/mol.